The van der Waals surface area contributed by atoms with Crippen molar-refractivity contribution >= 4 is 17.3 Å². The van der Waals surface area contributed by atoms with Gasteiger partial charge in [0, 0.05) is 31.3 Å². The highest BCUT2D eigenvalue weighted by Gasteiger charge is 2.10. The molecule has 5 nitrogen and oxygen atoms in total. The molecule has 0 fully saturated rings. The molecule has 0 aliphatic carbocycles. The number of hydrogen-bond donors (Lipinski definition) is 3. The van der Waals surface area contributed by atoms with E-state index in [1.54, 1.807) is 26.4 Å². The lowest BCUT2D eigenvalue weighted by molar-refractivity contribution is 0.404. The zero-order chi connectivity index (χ0) is 12.8. The summed E-state index contributed by atoms with van der Waals surface area (Å²) in [5.41, 5.74) is 11.9. The molecular weight excluding hydrogens is 242 g/mol. The van der Waals surface area contributed by atoms with Crippen LogP contribution in [0.5, 0.6) is 11.5 Å². The highest BCUT2D eigenvalue weighted by Crippen LogP contribution is 2.35. The maximum absolute atomic E-state index is 5.99. The Labute approximate surface area is 106 Å². The van der Waals surface area contributed by atoms with E-state index in [0.29, 0.717) is 29.6 Å². The van der Waals surface area contributed by atoms with Crippen LogP contribution in [0, 0.1) is 0 Å². The summed E-state index contributed by atoms with van der Waals surface area (Å²) in [6.45, 7) is 0.970. The molecule has 5 N–H and O–H groups in total. The molecule has 0 heterocycles. The van der Waals surface area contributed by atoms with Gasteiger partial charge in [-0.2, -0.15) is 0 Å². The van der Waals surface area contributed by atoms with Crippen molar-refractivity contribution < 1.29 is 9.47 Å². The van der Waals surface area contributed by atoms with E-state index in [0.717, 1.165) is 5.69 Å². The van der Waals surface area contributed by atoms with Crippen molar-refractivity contribution in [2.75, 3.05) is 32.6 Å². The average molecular weight is 260 g/mol. The summed E-state index contributed by atoms with van der Waals surface area (Å²) in [6, 6.07) is 3.35. The van der Waals surface area contributed by atoms with Crippen LogP contribution < -0.4 is 26.3 Å². The first-order valence-corrected chi connectivity index (χ1v) is 5.61. The molecule has 1 aromatic rings. The van der Waals surface area contributed by atoms with E-state index >= 15 is 0 Å². The number of methoxy groups -OCH3 is 2. The van der Waals surface area contributed by atoms with Crippen LogP contribution >= 0.6 is 11.6 Å². The number of benzene rings is 1. The molecule has 0 aromatic heterocycles. The third kappa shape index (κ3) is 3.66. The molecule has 0 saturated heterocycles. The van der Waals surface area contributed by atoms with Gasteiger partial charge in [0.2, 0.25) is 0 Å². The molecule has 6 heteroatoms. The second kappa shape index (κ2) is 6.54. The molecule has 0 saturated carbocycles. The standard InChI is InChI=1S/C11H18ClN3O2/c1-16-10-4-9(15-6-7(14)5-13)11(17-2)3-8(10)12/h3-4,7,15H,5-6,13-14H2,1-2H3. The Balaban J connectivity index is 2.88. The molecule has 0 radical (unpaired) electrons. The second-order valence-electron chi connectivity index (χ2n) is 3.56. The largest absolute Gasteiger partial charge is 0.495 e. The zero-order valence-electron chi connectivity index (χ0n) is 10.00. The third-order valence-electron chi connectivity index (χ3n) is 2.33. The molecule has 0 bridgehead atoms. The van der Waals surface area contributed by atoms with Gasteiger partial charge in [0.1, 0.15) is 11.5 Å². The Hall–Kier alpha value is -1.17. The van der Waals surface area contributed by atoms with Gasteiger partial charge in [-0.25, -0.2) is 0 Å². The molecule has 0 aliphatic heterocycles. The quantitative estimate of drug-likeness (QED) is 0.712. The van der Waals surface area contributed by atoms with Crippen molar-refractivity contribution in [3.8, 4) is 11.5 Å². The van der Waals surface area contributed by atoms with E-state index < -0.39 is 0 Å². The van der Waals surface area contributed by atoms with Crippen molar-refractivity contribution in [1.29, 1.82) is 0 Å². The van der Waals surface area contributed by atoms with E-state index in [4.69, 9.17) is 32.5 Å². The van der Waals surface area contributed by atoms with Gasteiger partial charge in [0.15, 0.2) is 0 Å². The lowest BCUT2D eigenvalue weighted by atomic mass is 10.2. The summed E-state index contributed by atoms with van der Waals surface area (Å²) >= 11 is 5.99. The maximum Gasteiger partial charge on any atom is 0.143 e. The molecule has 0 aliphatic rings. The SMILES string of the molecule is COc1cc(NCC(N)CN)c(OC)cc1Cl. The second-order valence-corrected chi connectivity index (χ2v) is 3.97. The van der Waals surface area contributed by atoms with Gasteiger partial charge in [-0.15, -0.1) is 0 Å². The predicted octanol–water partition coefficient (Wildman–Crippen LogP) is 1.06. The smallest absolute Gasteiger partial charge is 0.143 e. The number of ether oxygens (including phenoxy) is 2. The lowest BCUT2D eigenvalue weighted by Gasteiger charge is -2.16. The fourth-order valence-electron chi connectivity index (χ4n) is 1.32. The number of halogens is 1. The fourth-order valence-corrected chi connectivity index (χ4v) is 1.55. The summed E-state index contributed by atoms with van der Waals surface area (Å²) in [5.74, 6) is 1.22. The van der Waals surface area contributed by atoms with Crippen LogP contribution in [0.2, 0.25) is 5.02 Å². The molecule has 0 amide bonds. The van der Waals surface area contributed by atoms with Gasteiger partial charge in [-0.3, -0.25) is 0 Å². The van der Waals surface area contributed by atoms with Gasteiger partial charge in [-0.1, -0.05) is 11.6 Å². The molecule has 1 rings (SSSR count). The van der Waals surface area contributed by atoms with E-state index in [1.807, 2.05) is 0 Å². The normalized spacial score (nSPS) is 12.1. The minimum absolute atomic E-state index is 0.110. The van der Waals surface area contributed by atoms with Gasteiger partial charge in [0.25, 0.3) is 0 Å². The number of rotatable bonds is 6. The van der Waals surface area contributed by atoms with Crippen molar-refractivity contribution in [2.24, 2.45) is 11.5 Å². The molecule has 1 aromatic carbocycles. The van der Waals surface area contributed by atoms with Gasteiger partial charge in [0.05, 0.1) is 24.9 Å². The molecule has 1 unspecified atom stereocenters. The van der Waals surface area contributed by atoms with Crippen LogP contribution in [-0.2, 0) is 0 Å². The number of anilines is 1. The van der Waals surface area contributed by atoms with Crippen LogP contribution in [0.3, 0.4) is 0 Å². The van der Waals surface area contributed by atoms with Crippen LogP contribution in [-0.4, -0.2) is 33.4 Å². The van der Waals surface area contributed by atoms with Crippen LogP contribution in [0.1, 0.15) is 0 Å². The van der Waals surface area contributed by atoms with E-state index in [-0.39, 0.29) is 6.04 Å². The molecule has 1 atom stereocenters. The first-order chi connectivity index (χ1) is 8.12. The zero-order valence-corrected chi connectivity index (χ0v) is 10.8. The van der Waals surface area contributed by atoms with Crippen LogP contribution in [0.4, 0.5) is 5.69 Å². The van der Waals surface area contributed by atoms with Crippen molar-refractivity contribution in [3.05, 3.63) is 17.2 Å². The summed E-state index contributed by atoms with van der Waals surface area (Å²) in [7, 11) is 3.13. The summed E-state index contributed by atoms with van der Waals surface area (Å²) in [5, 5.41) is 3.65. The van der Waals surface area contributed by atoms with Gasteiger partial charge < -0.3 is 26.3 Å². The van der Waals surface area contributed by atoms with Crippen molar-refractivity contribution in [1.82, 2.24) is 0 Å². The highest BCUT2D eigenvalue weighted by molar-refractivity contribution is 6.32. The Morgan fingerprint density at radius 2 is 1.94 bits per heavy atom. The molecule has 0 spiro atoms. The third-order valence-corrected chi connectivity index (χ3v) is 2.63. The number of nitrogens with one attached hydrogen (secondary N) is 1. The van der Waals surface area contributed by atoms with Crippen LogP contribution in [0.25, 0.3) is 0 Å². The topological polar surface area (TPSA) is 82.5 Å². The first kappa shape index (κ1) is 13.9. The molecule has 96 valence electrons. The minimum Gasteiger partial charge on any atom is -0.495 e. The van der Waals surface area contributed by atoms with E-state index in [9.17, 15) is 0 Å². The average Bonchev–Trinajstić information content (AvgIpc) is 2.36. The molecule has 17 heavy (non-hydrogen) atoms. The Bertz CT molecular complexity index is 374. The Kier molecular flexibility index (Phi) is 5.34. The Morgan fingerprint density at radius 3 is 2.47 bits per heavy atom. The summed E-state index contributed by atoms with van der Waals surface area (Å²) in [4.78, 5) is 0. The summed E-state index contributed by atoms with van der Waals surface area (Å²) in [6.07, 6.45) is 0. The highest BCUT2D eigenvalue weighted by atomic mass is 35.5. The van der Waals surface area contributed by atoms with Crippen LogP contribution in [0.15, 0.2) is 12.1 Å². The lowest BCUT2D eigenvalue weighted by Crippen LogP contribution is -2.36. The minimum atomic E-state index is -0.110. The van der Waals surface area contributed by atoms with Gasteiger partial charge in [-0.05, 0) is 0 Å². The van der Waals surface area contributed by atoms with E-state index in [1.165, 1.54) is 0 Å². The van der Waals surface area contributed by atoms with E-state index in [2.05, 4.69) is 5.32 Å². The maximum atomic E-state index is 5.99. The van der Waals surface area contributed by atoms with Crippen molar-refractivity contribution in [3.63, 3.8) is 0 Å². The molecular formula is C11H18ClN3O2. The first-order valence-electron chi connectivity index (χ1n) is 5.23. The number of hydrogen-bond acceptors (Lipinski definition) is 5. The van der Waals surface area contributed by atoms with Crippen molar-refractivity contribution in [2.45, 2.75) is 6.04 Å². The van der Waals surface area contributed by atoms with Gasteiger partial charge >= 0.3 is 0 Å². The monoisotopic (exact) mass is 259 g/mol. The predicted molar refractivity (Wildman–Crippen MR) is 70.1 cm³/mol. The summed E-state index contributed by atoms with van der Waals surface area (Å²) < 4.78 is 10.4. The number of nitrogens with two attached hydrogens (primary N) is 2. The fraction of sp³-hybridized carbons (Fsp3) is 0.455. The Morgan fingerprint density at radius 1 is 1.29 bits per heavy atom.